The Kier molecular flexibility index (Phi) is 3.51. The van der Waals surface area contributed by atoms with E-state index < -0.39 is 35.3 Å². The van der Waals surface area contributed by atoms with Gasteiger partial charge >= 0.3 is 6.18 Å². The third-order valence-corrected chi connectivity index (χ3v) is 2.12. The highest BCUT2D eigenvalue weighted by molar-refractivity contribution is 5.96. The van der Waals surface area contributed by atoms with E-state index in [1.807, 2.05) is 0 Å². The highest BCUT2D eigenvalue weighted by Gasteiger charge is 2.32. The van der Waals surface area contributed by atoms with Gasteiger partial charge in [-0.3, -0.25) is 4.79 Å². The number of benzene rings is 1. The molecule has 0 aliphatic heterocycles. The van der Waals surface area contributed by atoms with E-state index in [0.717, 1.165) is 6.92 Å². The van der Waals surface area contributed by atoms with E-state index in [2.05, 4.69) is 0 Å². The van der Waals surface area contributed by atoms with Crippen molar-refractivity contribution in [2.24, 2.45) is 0 Å². The second-order valence-corrected chi connectivity index (χ2v) is 3.38. The molecule has 0 atom stereocenters. The van der Waals surface area contributed by atoms with Crippen molar-refractivity contribution < 1.29 is 22.4 Å². The van der Waals surface area contributed by atoms with Gasteiger partial charge in [0.05, 0.1) is 23.6 Å². The first kappa shape index (κ1) is 13.2. The molecule has 0 bridgehead atoms. The van der Waals surface area contributed by atoms with Gasteiger partial charge in [0, 0.05) is 0 Å². The summed E-state index contributed by atoms with van der Waals surface area (Å²) in [7, 11) is 0. The van der Waals surface area contributed by atoms with Crippen LogP contribution >= 0.6 is 0 Å². The fourth-order valence-electron chi connectivity index (χ4n) is 1.45. The van der Waals surface area contributed by atoms with Gasteiger partial charge < -0.3 is 0 Å². The zero-order valence-corrected chi connectivity index (χ0v) is 8.73. The van der Waals surface area contributed by atoms with Crippen LogP contribution in [0.3, 0.4) is 0 Å². The molecule has 0 heterocycles. The molecule has 1 aromatic rings. The monoisotopic (exact) mass is 245 g/mol. The number of hydrogen-bond donors (Lipinski definition) is 0. The number of rotatable bonds is 2. The number of carbonyl (C=O) groups excluding carboxylic acids is 1. The normalized spacial score (nSPS) is 11.1. The summed E-state index contributed by atoms with van der Waals surface area (Å²) < 4.78 is 50.5. The second kappa shape index (κ2) is 4.53. The van der Waals surface area contributed by atoms with Crippen molar-refractivity contribution in [1.29, 1.82) is 5.26 Å². The Balaban J connectivity index is 3.47. The van der Waals surface area contributed by atoms with Crippen molar-refractivity contribution in [2.75, 3.05) is 0 Å². The van der Waals surface area contributed by atoms with Crippen molar-refractivity contribution >= 4 is 5.78 Å². The largest absolute Gasteiger partial charge is 0.416 e. The maximum Gasteiger partial charge on any atom is 0.416 e. The Morgan fingerprint density at radius 3 is 2.41 bits per heavy atom. The summed E-state index contributed by atoms with van der Waals surface area (Å²) in [6, 6.07) is 2.49. The number of hydrogen-bond acceptors (Lipinski definition) is 2. The molecule has 0 saturated heterocycles. The lowest BCUT2D eigenvalue weighted by molar-refractivity contribution is -0.137. The number of nitrogens with zero attached hydrogens (tertiary/aromatic N) is 1. The van der Waals surface area contributed by atoms with Gasteiger partial charge in [-0.05, 0) is 24.6 Å². The lowest BCUT2D eigenvalue weighted by Gasteiger charge is -2.11. The Morgan fingerprint density at radius 1 is 1.41 bits per heavy atom. The van der Waals surface area contributed by atoms with Crippen LogP contribution in [0.2, 0.25) is 0 Å². The molecule has 0 spiro atoms. The molecule has 6 heteroatoms. The molecular formula is C11H7F4NO. The Labute approximate surface area is 94.5 Å². The first-order valence-corrected chi connectivity index (χ1v) is 4.55. The summed E-state index contributed by atoms with van der Waals surface area (Å²) in [4.78, 5) is 11.1. The molecule has 1 rings (SSSR count). The number of ketones is 1. The summed E-state index contributed by atoms with van der Waals surface area (Å²) in [6.45, 7) is 1.03. The average molecular weight is 245 g/mol. The van der Waals surface area contributed by atoms with Crippen LogP contribution in [-0.4, -0.2) is 5.78 Å². The molecule has 0 N–H and O–H groups in total. The van der Waals surface area contributed by atoms with Gasteiger partial charge in [0.1, 0.15) is 5.82 Å². The highest BCUT2D eigenvalue weighted by atomic mass is 19.4. The van der Waals surface area contributed by atoms with Gasteiger partial charge in [-0.15, -0.1) is 0 Å². The Bertz CT molecular complexity index is 499. The third-order valence-electron chi connectivity index (χ3n) is 2.12. The zero-order chi connectivity index (χ0) is 13.2. The molecule has 0 aliphatic rings. The quantitative estimate of drug-likeness (QED) is 0.593. The molecule has 0 unspecified atom stereocenters. The van der Waals surface area contributed by atoms with Crippen LogP contribution in [0, 0.1) is 17.1 Å². The predicted octanol–water partition coefficient (Wildman–Crippen LogP) is 3.11. The topological polar surface area (TPSA) is 40.9 Å². The molecular weight excluding hydrogens is 238 g/mol. The summed E-state index contributed by atoms with van der Waals surface area (Å²) in [5.41, 5.74) is -1.91. The van der Waals surface area contributed by atoms with Crippen molar-refractivity contribution in [3.63, 3.8) is 0 Å². The summed E-state index contributed by atoms with van der Waals surface area (Å²) in [6.07, 6.45) is -5.16. The molecule has 0 amide bonds. The molecule has 0 aromatic heterocycles. The van der Waals surface area contributed by atoms with Crippen LogP contribution in [0.15, 0.2) is 12.1 Å². The minimum atomic E-state index is -4.71. The van der Waals surface area contributed by atoms with E-state index in [9.17, 15) is 22.4 Å². The smallest absolute Gasteiger partial charge is 0.294 e. The van der Waals surface area contributed by atoms with E-state index in [-0.39, 0.29) is 11.6 Å². The first-order valence-electron chi connectivity index (χ1n) is 4.55. The van der Waals surface area contributed by atoms with E-state index in [1.165, 1.54) is 0 Å². The maximum atomic E-state index is 13.4. The number of alkyl halides is 3. The molecule has 0 radical (unpaired) electrons. The molecule has 0 saturated carbocycles. The zero-order valence-electron chi connectivity index (χ0n) is 8.73. The summed E-state index contributed by atoms with van der Waals surface area (Å²) >= 11 is 0. The lowest BCUT2D eigenvalue weighted by Crippen LogP contribution is -2.11. The SMILES string of the molecule is CC(=O)c1c(F)cc(C(F)(F)F)cc1CC#N. The Morgan fingerprint density at radius 2 is 2.00 bits per heavy atom. The van der Waals surface area contributed by atoms with Crippen LogP contribution in [0.4, 0.5) is 17.6 Å². The number of halogens is 4. The molecule has 17 heavy (non-hydrogen) atoms. The van der Waals surface area contributed by atoms with Gasteiger partial charge in [0.15, 0.2) is 5.78 Å². The van der Waals surface area contributed by atoms with Gasteiger partial charge in [-0.1, -0.05) is 0 Å². The highest BCUT2D eigenvalue weighted by Crippen LogP contribution is 2.32. The lowest BCUT2D eigenvalue weighted by atomic mass is 9.98. The van der Waals surface area contributed by atoms with Crippen LogP contribution < -0.4 is 0 Å². The predicted molar refractivity (Wildman–Crippen MR) is 50.7 cm³/mol. The van der Waals surface area contributed by atoms with Crippen molar-refractivity contribution in [3.05, 3.63) is 34.6 Å². The van der Waals surface area contributed by atoms with Gasteiger partial charge in [-0.25, -0.2) is 4.39 Å². The van der Waals surface area contributed by atoms with Crippen LogP contribution in [0.25, 0.3) is 0 Å². The average Bonchev–Trinajstić information content (AvgIpc) is 2.15. The van der Waals surface area contributed by atoms with Crippen molar-refractivity contribution in [3.8, 4) is 6.07 Å². The van der Waals surface area contributed by atoms with Gasteiger partial charge in [0.25, 0.3) is 0 Å². The number of nitriles is 1. The van der Waals surface area contributed by atoms with Crippen LogP contribution in [0.1, 0.15) is 28.4 Å². The second-order valence-electron chi connectivity index (χ2n) is 3.38. The van der Waals surface area contributed by atoms with Crippen molar-refractivity contribution in [2.45, 2.75) is 19.5 Å². The van der Waals surface area contributed by atoms with Crippen molar-refractivity contribution in [1.82, 2.24) is 0 Å². The van der Waals surface area contributed by atoms with E-state index in [1.54, 1.807) is 6.07 Å². The molecule has 90 valence electrons. The van der Waals surface area contributed by atoms with E-state index in [4.69, 9.17) is 5.26 Å². The Hall–Kier alpha value is -1.90. The molecule has 2 nitrogen and oxygen atoms in total. The van der Waals surface area contributed by atoms with Crippen LogP contribution in [0.5, 0.6) is 0 Å². The fraction of sp³-hybridized carbons (Fsp3) is 0.273. The first-order chi connectivity index (χ1) is 7.77. The van der Waals surface area contributed by atoms with Crippen LogP contribution in [-0.2, 0) is 12.6 Å². The number of carbonyl (C=O) groups is 1. The summed E-state index contributed by atoms with van der Waals surface area (Å²) in [5, 5.41) is 8.45. The molecule has 0 fully saturated rings. The van der Waals surface area contributed by atoms with E-state index >= 15 is 0 Å². The minimum absolute atomic E-state index is 0.243. The maximum absolute atomic E-state index is 13.4. The molecule has 1 aromatic carbocycles. The standard InChI is InChI=1S/C11H7F4NO/c1-6(17)10-7(2-3-16)4-8(5-9(10)12)11(13,14)15/h4-5H,2H2,1H3. The molecule has 0 aliphatic carbocycles. The van der Waals surface area contributed by atoms with Gasteiger partial charge in [-0.2, -0.15) is 18.4 Å². The third kappa shape index (κ3) is 2.81. The summed E-state index contributed by atoms with van der Waals surface area (Å²) in [5.74, 6) is -1.96. The van der Waals surface area contributed by atoms with E-state index in [0.29, 0.717) is 6.07 Å². The minimum Gasteiger partial charge on any atom is -0.294 e. The van der Waals surface area contributed by atoms with Gasteiger partial charge in [0.2, 0.25) is 0 Å². The fourth-order valence-corrected chi connectivity index (χ4v) is 1.45. The number of Topliss-reactive ketones (excluding diaryl/α,β-unsaturated/α-hetero) is 1.